The van der Waals surface area contributed by atoms with E-state index in [0.29, 0.717) is 23.9 Å². The minimum absolute atomic E-state index is 0.442. The van der Waals surface area contributed by atoms with Crippen LogP contribution in [0.3, 0.4) is 0 Å². The van der Waals surface area contributed by atoms with Crippen molar-refractivity contribution in [1.29, 1.82) is 5.26 Å². The second-order valence-electron chi connectivity index (χ2n) is 5.32. The van der Waals surface area contributed by atoms with Crippen molar-refractivity contribution in [2.75, 3.05) is 10.6 Å². The lowest BCUT2D eigenvalue weighted by atomic mass is 10.1. The van der Waals surface area contributed by atoms with Crippen LogP contribution in [0.5, 0.6) is 0 Å². The van der Waals surface area contributed by atoms with Crippen LogP contribution in [-0.4, -0.2) is 15.2 Å². The van der Waals surface area contributed by atoms with Gasteiger partial charge < -0.3 is 10.6 Å². The van der Waals surface area contributed by atoms with Gasteiger partial charge in [-0.3, -0.25) is 0 Å². The van der Waals surface area contributed by atoms with Crippen molar-refractivity contribution in [2.45, 2.75) is 13.5 Å². The Hall–Kier alpha value is -3.46. The summed E-state index contributed by atoms with van der Waals surface area (Å²) >= 11 is 0. The fraction of sp³-hybridized carbons (Fsp3) is 0.111. The van der Waals surface area contributed by atoms with Gasteiger partial charge in [-0.1, -0.05) is 35.9 Å². The molecule has 2 N–H and O–H groups in total. The molecule has 0 spiro atoms. The summed E-state index contributed by atoms with van der Waals surface area (Å²) in [6, 6.07) is 17.5. The molecule has 0 atom stereocenters. The van der Waals surface area contributed by atoms with Gasteiger partial charge in [-0.25, -0.2) is 0 Å². The summed E-state index contributed by atoms with van der Waals surface area (Å²) in [6.45, 7) is 2.68. The Labute approximate surface area is 140 Å². The van der Waals surface area contributed by atoms with E-state index in [9.17, 15) is 0 Å². The molecule has 118 valence electrons. The average Bonchev–Trinajstić information content (AvgIpc) is 2.62. The highest BCUT2D eigenvalue weighted by Crippen LogP contribution is 2.16. The number of hydrogen-bond acceptors (Lipinski definition) is 6. The molecule has 24 heavy (non-hydrogen) atoms. The topological polar surface area (TPSA) is 86.5 Å². The first kappa shape index (κ1) is 15.4. The standard InChI is InChI=1S/C18H16N6/c1-13-5-7-14(8-6-13)11-20-18-23-17(12-21-24-18)22-16-4-2-3-15(9-16)10-19/h2-9,12H,11H2,1H3,(H2,20,22,23,24). The van der Waals surface area contributed by atoms with Gasteiger partial charge in [0.15, 0.2) is 5.82 Å². The van der Waals surface area contributed by atoms with Crippen LogP contribution in [0, 0.1) is 18.3 Å². The van der Waals surface area contributed by atoms with Crippen molar-refractivity contribution in [1.82, 2.24) is 15.2 Å². The number of benzene rings is 2. The van der Waals surface area contributed by atoms with Crippen LogP contribution in [-0.2, 0) is 6.54 Å². The predicted octanol–water partition coefficient (Wildman–Crippen LogP) is 3.41. The Bertz CT molecular complexity index is 867. The maximum Gasteiger partial charge on any atom is 0.244 e. The van der Waals surface area contributed by atoms with Crippen LogP contribution in [0.25, 0.3) is 0 Å². The van der Waals surface area contributed by atoms with Crippen molar-refractivity contribution < 1.29 is 0 Å². The van der Waals surface area contributed by atoms with E-state index >= 15 is 0 Å². The third-order valence-electron chi connectivity index (χ3n) is 3.39. The molecule has 3 rings (SSSR count). The summed E-state index contributed by atoms with van der Waals surface area (Å²) in [4.78, 5) is 4.38. The van der Waals surface area contributed by atoms with Crippen LogP contribution in [0.2, 0.25) is 0 Å². The lowest BCUT2D eigenvalue weighted by Crippen LogP contribution is -2.06. The largest absolute Gasteiger partial charge is 0.349 e. The summed E-state index contributed by atoms with van der Waals surface area (Å²) in [5.41, 5.74) is 3.73. The Kier molecular flexibility index (Phi) is 4.63. The van der Waals surface area contributed by atoms with Gasteiger partial charge in [-0.05, 0) is 30.7 Å². The van der Waals surface area contributed by atoms with Gasteiger partial charge in [-0.2, -0.15) is 15.3 Å². The number of nitrogens with zero attached hydrogens (tertiary/aromatic N) is 4. The summed E-state index contributed by atoms with van der Waals surface area (Å²) in [5, 5.41) is 23.1. The first-order chi connectivity index (χ1) is 11.7. The van der Waals surface area contributed by atoms with E-state index in [1.165, 1.54) is 11.8 Å². The van der Waals surface area contributed by atoms with E-state index in [4.69, 9.17) is 5.26 Å². The minimum Gasteiger partial charge on any atom is -0.349 e. The molecule has 0 saturated heterocycles. The molecule has 0 aliphatic carbocycles. The zero-order valence-corrected chi connectivity index (χ0v) is 13.2. The van der Waals surface area contributed by atoms with Crippen LogP contribution in [0.1, 0.15) is 16.7 Å². The Morgan fingerprint density at radius 2 is 1.96 bits per heavy atom. The molecule has 0 saturated carbocycles. The lowest BCUT2D eigenvalue weighted by Gasteiger charge is -2.08. The number of aryl methyl sites for hydroxylation is 1. The van der Waals surface area contributed by atoms with E-state index in [2.05, 4.69) is 63.1 Å². The number of rotatable bonds is 5. The van der Waals surface area contributed by atoms with Crippen LogP contribution in [0.4, 0.5) is 17.5 Å². The highest BCUT2D eigenvalue weighted by molar-refractivity contribution is 5.58. The Morgan fingerprint density at radius 3 is 2.75 bits per heavy atom. The van der Waals surface area contributed by atoms with Crippen LogP contribution >= 0.6 is 0 Å². The molecule has 1 heterocycles. The molecular formula is C18H16N6. The maximum atomic E-state index is 8.94. The summed E-state index contributed by atoms with van der Waals surface area (Å²) in [7, 11) is 0. The van der Waals surface area contributed by atoms with Gasteiger partial charge in [-0.15, -0.1) is 5.10 Å². The summed E-state index contributed by atoms with van der Waals surface area (Å²) in [6.07, 6.45) is 1.54. The molecule has 1 aromatic heterocycles. The summed E-state index contributed by atoms with van der Waals surface area (Å²) < 4.78 is 0. The molecule has 6 nitrogen and oxygen atoms in total. The van der Waals surface area contributed by atoms with Crippen molar-refractivity contribution in [3.8, 4) is 6.07 Å². The first-order valence-corrected chi connectivity index (χ1v) is 7.49. The smallest absolute Gasteiger partial charge is 0.244 e. The molecule has 2 aromatic carbocycles. The van der Waals surface area contributed by atoms with E-state index < -0.39 is 0 Å². The van der Waals surface area contributed by atoms with Crippen molar-refractivity contribution >= 4 is 17.5 Å². The molecule has 6 heteroatoms. The van der Waals surface area contributed by atoms with Crippen molar-refractivity contribution in [3.63, 3.8) is 0 Å². The molecule has 0 unspecified atom stereocenters. The van der Waals surface area contributed by atoms with Crippen molar-refractivity contribution in [3.05, 3.63) is 71.4 Å². The third-order valence-corrected chi connectivity index (χ3v) is 3.39. The zero-order chi connectivity index (χ0) is 16.8. The second kappa shape index (κ2) is 7.20. The SMILES string of the molecule is Cc1ccc(CNc2nncc(Nc3cccc(C#N)c3)n2)cc1. The van der Waals surface area contributed by atoms with Gasteiger partial charge in [0.1, 0.15) is 0 Å². The predicted molar refractivity (Wildman–Crippen MR) is 92.8 cm³/mol. The third kappa shape index (κ3) is 4.05. The number of nitriles is 1. The molecule has 0 aliphatic rings. The van der Waals surface area contributed by atoms with Gasteiger partial charge in [0.25, 0.3) is 0 Å². The summed E-state index contributed by atoms with van der Waals surface area (Å²) in [5.74, 6) is 1.00. The van der Waals surface area contributed by atoms with E-state index in [1.54, 1.807) is 12.1 Å². The van der Waals surface area contributed by atoms with Gasteiger partial charge in [0.2, 0.25) is 5.95 Å². The number of anilines is 3. The van der Waals surface area contributed by atoms with E-state index in [-0.39, 0.29) is 0 Å². The van der Waals surface area contributed by atoms with E-state index in [0.717, 1.165) is 11.3 Å². The van der Waals surface area contributed by atoms with E-state index in [1.807, 2.05) is 12.1 Å². The van der Waals surface area contributed by atoms with Gasteiger partial charge >= 0.3 is 0 Å². The van der Waals surface area contributed by atoms with Crippen molar-refractivity contribution in [2.24, 2.45) is 0 Å². The highest BCUT2D eigenvalue weighted by atomic mass is 15.3. The highest BCUT2D eigenvalue weighted by Gasteiger charge is 2.02. The molecule has 0 radical (unpaired) electrons. The lowest BCUT2D eigenvalue weighted by molar-refractivity contribution is 0.948. The number of hydrogen-bond donors (Lipinski definition) is 2. The fourth-order valence-corrected chi connectivity index (χ4v) is 2.14. The molecule has 0 aliphatic heterocycles. The monoisotopic (exact) mass is 316 g/mol. The maximum absolute atomic E-state index is 8.94. The minimum atomic E-state index is 0.442. The fourth-order valence-electron chi connectivity index (χ4n) is 2.14. The molecular weight excluding hydrogens is 300 g/mol. The Balaban J connectivity index is 1.67. The zero-order valence-electron chi connectivity index (χ0n) is 13.2. The van der Waals surface area contributed by atoms with Crippen LogP contribution in [0.15, 0.2) is 54.7 Å². The second-order valence-corrected chi connectivity index (χ2v) is 5.32. The molecule has 3 aromatic rings. The quantitative estimate of drug-likeness (QED) is 0.750. The number of aromatic nitrogens is 3. The normalized spacial score (nSPS) is 10.0. The van der Waals surface area contributed by atoms with Crippen LogP contribution < -0.4 is 10.6 Å². The molecule has 0 bridgehead atoms. The average molecular weight is 316 g/mol. The number of nitrogens with one attached hydrogen (secondary N) is 2. The Morgan fingerprint density at radius 1 is 1.12 bits per heavy atom. The first-order valence-electron chi connectivity index (χ1n) is 7.49. The van der Waals surface area contributed by atoms with Gasteiger partial charge in [0, 0.05) is 12.2 Å². The molecule has 0 fully saturated rings. The molecule has 0 amide bonds. The van der Waals surface area contributed by atoms with Gasteiger partial charge in [0.05, 0.1) is 17.8 Å².